The average Bonchev–Trinajstić information content (AvgIpc) is 2.36. The summed E-state index contributed by atoms with van der Waals surface area (Å²) < 4.78 is 23.2. The van der Waals surface area contributed by atoms with Crippen LogP contribution in [0.4, 0.5) is 4.39 Å². The van der Waals surface area contributed by atoms with E-state index in [1.165, 1.54) is 12.1 Å². The summed E-state index contributed by atoms with van der Waals surface area (Å²) >= 11 is 0. The van der Waals surface area contributed by atoms with E-state index >= 15 is 0 Å². The Balaban J connectivity index is 2.68. The number of halogens is 1. The molecule has 0 aromatic heterocycles. The van der Waals surface area contributed by atoms with Crippen molar-refractivity contribution in [3.63, 3.8) is 0 Å². The molecule has 0 bridgehead atoms. The molecule has 0 heterocycles. The highest BCUT2D eigenvalue weighted by Gasteiger charge is 2.17. The van der Waals surface area contributed by atoms with Gasteiger partial charge in [-0.15, -0.1) is 0 Å². The maximum Gasteiger partial charge on any atom is 0.169 e. The highest BCUT2D eigenvalue weighted by Crippen LogP contribution is 2.21. The van der Waals surface area contributed by atoms with Crippen LogP contribution < -0.4 is 5.32 Å². The third kappa shape index (κ3) is 4.37. The Hall–Kier alpha value is -0.970. The van der Waals surface area contributed by atoms with Gasteiger partial charge in [0.05, 0.1) is 0 Å². The van der Waals surface area contributed by atoms with Crippen LogP contribution in [-0.2, 0) is 9.47 Å². The molecule has 102 valence electrons. The van der Waals surface area contributed by atoms with Crippen LogP contribution in [0.2, 0.25) is 0 Å². The molecule has 0 amide bonds. The summed E-state index contributed by atoms with van der Waals surface area (Å²) in [7, 11) is 3.22. The fraction of sp³-hybridized carbons (Fsp3) is 0.571. The van der Waals surface area contributed by atoms with Gasteiger partial charge in [-0.1, -0.05) is 26.0 Å². The molecule has 0 fully saturated rings. The van der Waals surface area contributed by atoms with Crippen molar-refractivity contribution in [2.24, 2.45) is 5.92 Å². The summed E-state index contributed by atoms with van der Waals surface area (Å²) in [4.78, 5) is 0. The summed E-state index contributed by atoms with van der Waals surface area (Å²) in [6.45, 7) is 4.83. The standard InChI is InChI=1S/C14H22FNO2/c1-10(2)14(16-9-13(17-3)18-4)11-5-7-12(15)8-6-11/h5-8,10,13-14,16H,9H2,1-4H3. The predicted molar refractivity (Wildman–Crippen MR) is 69.8 cm³/mol. The minimum Gasteiger partial charge on any atom is -0.355 e. The molecule has 0 aliphatic heterocycles. The monoisotopic (exact) mass is 255 g/mol. The van der Waals surface area contributed by atoms with Crippen LogP contribution in [-0.4, -0.2) is 27.1 Å². The minimum absolute atomic E-state index is 0.151. The average molecular weight is 255 g/mol. The molecule has 0 saturated carbocycles. The van der Waals surface area contributed by atoms with E-state index in [1.807, 2.05) is 12.1 Å². The van der Waals surface area contributed by atoms with Gasteiger partial charge >= 0.3 is 0 Å². The lowest BCUT2D eigenvalue weighted by Crippen LogP contribution is -2.34. The second-order valence-corrected chi connectivity index (χ2v) is 4.58. The number of rotatable bonds is 7. The lowest BCUT2D eigenvalue weighted by Gasteiger charge is -2.25. The Kier molecular flexibility index (Phi) is 6.25. The fourth-order valence-corrected chi connectivity index (χ4v) is 1.89. The van der Waals surface area contributed by atoms with Gasteiger partial charge in [-0.2, -0.15) is 0 Å². The molecule has 1 N–H and O–H groups in total. The lowest BCUT2D eigenvalue weighted by molar-refractivity contribution is -0.100. The van der Waals surface area contributed by atoms with E-state index in [1.54, 1.807) is 14.2 Å². The fourth-order valence-electron chi connectivity index (χ4n) is 1.89. The molecule has 1 atom stereocenters. The molecule has 1 aromatic carbocycles. The van der Waals surface area contributed by atoms with Crippen LogP contribution in [0.1, 0.15) is 25.5 Å². The van der Waals surface area contributed by atoms with E-state index in [0.717, 1.165) is 5.56 Å². The first-order chi connectivity index (χ1) is 8.58. The molecular formula is C14H22FNO2. The van der Waals surface area contributed by atoms with Crippen molar-refractivity contribution in [1.82, 2.24) is 5.32 Å². The molecule has 1 rings (SSSR count). The van der Waals surface area contributed by atoms with Gasteiger partial charge in [0.15, 0.2) is 6.29 Å². The molecule has 1 unspecified atom stereocenters. The van der Waals surface area contributed by atoms with Gasteiger partial charge in [0.1, 0.15) is 5.82 Å². The Morgan fingerprint density at radius 1 is 1.11 bits per heavy atom. The van der Waals surface area contributed by atoms with Crippen LogP contribution in [0.15, 0.2) is 24.3 Å². The number of ether oxygens (including phenoxy) is 2. The van der Waals surface area contributed by atoms with Crippen molar-refractivity contribution in [3.05, 3.63) is 35.6 Å². The topological polar surface area (TPSA) is 30.5 Å². The van der Waals surface area contributed by atoms with Crippen LogP contribution in [0, 0.1) is 11.7 Å². The summed E-state index contributed by atoms with van der Waals surface area (Å²) in [6, 6.07) is 6.73. The van der Waals surface area contributed by atoms with Crippen LogP contribution in [0.25, 0.3) is 0 Å². The summed E-state index contributed by atoms with van der Waals surface area (Å²) in [5.74, 6) is 0.178. The Morgan fingerprint density at radius 2 is 1.67 bits per heavy atom. The predicted octanol–water partition coefficient (Wildman–Crippen LogP) is 2.73. The maximum absolute atomic E-state index is 12.9. The zero-order chi connectivity index (χ0) is 13.5. The van der Waals surface area contributed by atoms with Crippen molar-refractivity contribution in [2.75, 3.05) is 20.8 Å². The smallest absolute Gasteiger partial charge is 0.169 e. The van der Waals surface area contributed by atoms with Crippen LogP contribution in [0.5, 0.6) is 0 Å². The first kappa shape index (κ1) is 15.1. The van der Waals surface area contributed by atoms with Gasteiger partial charge in [0, 0.05) is 26.8 Å². The Bertz CT molecular complexity index is 336. The molecule has 3 nitrogen and oxygen atoms in total. The summed E-state index contributed by atoms with van der Waals surface area (Å²) in [5.41, 5.74) is 1.07. The molecule has 0 aliphatic carbocycles. The highest BCUT2D eigenvalue weighted by molar-refractivity contribution is 5.20. The van der Waals surface area contributed by atoms with E-state index in [-0.39, 0.29) is 18.1 Å². The molecular weight excluding hydrogens is 233 g/mol. The van der Waals surface area contributed by atoms with Gasteiger partial charge in [-0.25, -0.2) is 4.39 Å². The lowest BCUT2D eigenvalue weighted by atomic mass is 9.96. The van der Waals surface area contributed by atoms with Crippen LogP contribution >= 0.6 is 0 Å². The SMILES string of the molecule is COC(CNC(c1ccc(F)cc1)C(C)C)OC. The molecule has 0 radical (unpaired) electrons. The second-order valence-electron chi connectivity index (χ2n) is 4.58. The second kappa shape index (κ2) is 7.46. The van der Waals surface area contributed by atoms with Gasteiger partial charge in [-0.3, -0.25) is 0 Å². The first-order valence-corrected chi connectivity index (χ1v) is 6.13. The van der Waals surface area contributed by atoms with Crippen molar-refractivity contribution in [3.8, 4) is 0 Å². The van der Waals surface area contributed by atoms with E-state index < -0.39 is 0 Å². The highest BCUT2D eigenvalue weighted by atomic mass is 19.1. The molecule has 0 saturated heterocycles. The van der Waals surface area contributed by atoms with E-state index in [9.17, 15) is 4.39 Å². The van der Waals surface area contributed by atoms with Gasteiger partial charge < -0.3 is 14.8 Å². The number of benzene rings is 1. The largest absolute Gasteiger partial charge is 0.355 e. The Morgan fingerprint density at radius 3 is 2.11 bits per heavy atom. The van der Waals surface area contributed by atoms with Crippen molar-refractivity contribution in [1.29, 1.82) is 0 Å². The maximum atomic E-state index is 12.9. The number of methoxy groups -OCH3 is 2. The molecule has 18 heavy (non-hydrogen) atoms. The summed E-state index contributed by atoms with van der Waals surface area (Å²) in [6.07, 6.45) is -0.272. The first-order valence-electron chi connectivity index (χ1n) is 6.13. The van der Waals surface area contributed by atoms with E-state index in [4.69, 9.17) is 9.47 Å². The normalized spacial score (nSPS) is 13.3. The number of hydrogen-bond donors (Lipinski definition) is 1. The van der Waals surface area contributed by atoms with Crippen molar-refractivity contribution in [2.45, 2.75) is 26.2 Å². The van der Waals surface area contributed by atoms with E-state index in [2.05, 4.69) is 19.2 Å². The van der Waals surface area contributed by atoms with Crippen molar-refractivity contribution >= 4 is 0 Å². The third-order valence-electron chi connectivity index (χ3n) is 2.93. The zero-order valence-electron chi connectivity index (χ0n) is 11.4. The number of nitrogens with one attached hydrogen (secondary N) is 1. The van der Waals surface area contributed by atoms with Gasteiger partial charge in [0.2, 0.25) is 0 Å². The quantitative estimate of drug-likeness (QED) is 0.760. The zero-order valence-corrected chi connectivity index (χ0v) is 11.4. The molecule has 0 aliphatic rings. The Labute approximate surface area is 108 Å². The van der Waals surface area contributed by atoms with E-state index in [0.29, 0.717) is 12.5 Å². The molecule has 0 spiro atoms. The van der Waals surface area contributed by atoms with Gasteiger partial charge in [-0.05, 0) is 23.6 Å². The van der Waals surface area contributed by atoms with Gasteiger partial charge in [0.25, 0.3) is 0 Å². The number of hydrogen-bond acceptors (Lipinski definition) is 3. The third-order valence-corrected chi connectivity index (χ3v) is 2.93. The molecule has 1 aromatic rings. The minimum atomic E-state index is -0.272. The molecule has 4 heteroatoms. The van der Waals surface area contributed by atoms with Crippen molar-refractivity contribution < 1.29 is 13.9 Å². The van der Waals surface area contributed by atoms with Crippen LogP contribution in [0.3, 0.4) is 0 Å². The summed E-state index contributed by atoms with van der Waals surface area (Å²) in [5, 5.41) is 3.38.